The van der Waals surface area contributed by atoms with E-state index in [2.05, 4.69) is 15.9 Å². The summed E-state index contributed by atoms with van der Waals surface area (Å²) in [6.07, 6.45) is 2.83. The van der Waals surface area contributed by atoms with Crippen LogP contribution in [0.2, 0.25) is 5.02 Å². The van der Waals surface area contributed by atoms with Crippen LogP contribution in [-0.4, -0.2) is 38.5 Å². The van der Waals surface area contributed by atoms with Crippen molar-refractivity contribution >= 4 is 37.6 Å². The van der Waals surface area contributed by atoms with E-state index in [0.29, 0.717) is 33.5 Å². The third-order valence-electron chi connectivity index (χ3n) is 3.91. The van der Waals surface area contributed by atoms with Gasteiger partial charge >= 0.3 is 0 Å². The summed E-state index contributed by atoms with van der Waals surface area (Å²) in [7, 11) is -3.48. The molecule has 1 aromatic rings. The maximum atomic E-state index is 12.9. The molecule has 1 saturated carbocycles. The molecule has 1 aliphatic heterocycles. The van der Waals surface area contributed by atoms with Gasteiger partial charge in [-0.1, -0.05) is 11.6 Å². The van der Waals surface area contributed by atoms with Crippen molar-refractivity contribution in [3.63, 3.8) is 0 Å². The second-order valence-electron chi connectivity index (χ2n) is 5.61. The van der Waals surface area contributed by atoms with Gasteiger partial charge in [0.15, 0.2) is 0 Å². The van der Waals surface area contributed by atoms with E-state index in [1.165, 1.54) is 0 Å². The van der Waals surface area contributed by atoms with Crippen LogP contribution in [0.4, 0.5) is 0 Å². The first-order valence-corrected chi connectivity index (χ1v) is 9.64. The van der Waals surface area contributed by atoms with Crippen molar-refractivity contribution in [2.24, 2.45) is 5.92 Å². The van der Waals surface area contributed by atoms with Gasteiger partial charge in [0.2, 0.25) is 10.0 Å². The average Bonchev–Trinajstić information content (AvgIpc) is 3.15. The zero-order valence-corrected chi connectivity index (χ0v) is 14.6. The van der Waals surface area contributed by atoms with Crippen molar-refractivity contribution < 1.29 is 13.2 Å². The maximum Gasteiger partial charge on any atom is 0.243 e. The molecule has 1 heterocycles. The third-order valence-corrected chi connectivity index (χ3v) is 7.04. The number of hydrogen-bond acceptors (Lipinski definition) is 3. The average molecular weight is 395 g/mol. The van der Waals surface area contributed by atoms with Crippen molar-refractivity contribution in [2.45, 2.75) is 30.2 Å². The van der Waals surface area contributed by atoms with Crippen LogP contribution in [0, 0.1) is 5.92 Å². The Hall–Kier alpha value is -0.140. The van der Waals surface area contributed by atoms with Gasteiger partial charge in [-0.05, 0) is 59.3 Å². The Morgan fingerprint density at radius 3 is 2.67 bits per heavy atom. The predicted octanol–water partition coefficient (Wildman–Crippen LogP) is 3.29. The zero-order valence-electron chi connectivity index (χ0n) is 11.5. The Morgan fingerprint density at radius 2 is 2.10 bits per heavy atom. The molecule has 0 N–H and O–H groups in total. The molecule has 1 aliphatic carbocycles. The molecule has 0 aromatic heterocycles. The first-order valence-electron chi connectivity index (χ1n) is 7.03. The van der Waals surface area contributed by atoms with E-state index < -0.39 is 10.0 Å². The molecular weight excluding hydrogens is 378 g/mol. The fraction of sp³-hybridized carbons (Fsp3) is 0.571. The molecule has 0 bridgehead atoms. The highest BCUT2D eigenvalue weighted by atomic mass is 79.9. The van der Waals surface area contributed by atoms with Crippen LogP contribution in [-0.2, 0) is 14.8 Å². The molecule has 0 amide bonds. The largest absolute Gasteiger partial charge is 0.381 e. The van der Waals surface area contributed by atoms with E-state index in [9.17, 15) is 8.42 Å². The molecule has 2 aliphatic rings. The highest BCUT2D eigenvalue weighted by molar-refractivity contribution is 9.10. The first-order chi connectivity index (χ1) is 9.98. The smallest absolute Gasteiger partial charge is 0.243 e. The van der Waals surface area contributed by atoms with Gasteiger partial charge in [-0.3, -0.25) is 0 Å². The molecule has 0 spiro atoms. The Kier molecular flexibility index (Phi) is 4.62. The van der Waals surface area contributed by atoms with Crippen molar-refractivity contribution in [1.29, 1.82) is 0 Å². The molecule has 1 aromatic carbocycles. The van der Waals surface area contributed by atoms with Gasteiger partial charge in [-0.2, -0.15) is 4.31 Å². The normalized spacial score (nSPS) is 22.9. The van der Waals surface area contributed by atoms with E-state index >= 15 is 0 Å². The van der Waals surface area contributed by atoms with E-state index in [-0.39, 0.29) is 6.04 Å². The summed E-state index contributed by atoms with van der Waals surface area (Å²) < 4.78 is 33.4. The lowest BCUT2D eigenvalue weighted by atomic mass is 10.1. The van der Waals surface area contributed by atoms with E-state index in [4.69, 9.17) is 16.3 Å². The number of rotatable bonds is 5. The third kappa shape index (κ3) is 3.45. The summed E-state index contributed by atoms with van der Waals surface area (Å²) in [6.45, 7) is 1.94. The minimum Gasteiger partial charge on any atom is -0.381 e. The lowest BCUT2D eigenvalue weighted by molar-refractivity contribution is 0.180. The SMILES string of the molecule is O=S(=O)(c1ccc(Cl)c(Br)c1)N(CC1CCOC1)C1CC1. The molecule has 4 nitrogen and oxygen atoms in total. The van der Waals surface area contributed by atoms with Gasteiger partial charge in [-0.15, -0.1) is 0 Å². The quantitative estimate of drug-likeness (QED) is 0.770. The summed E-state index contributed by atoms with van der Waals surface area (Å²) in [5.74, 6) is 0.302. The second-order valence-corrected chi connectivity index (χ2v) is 8.76. The van der Waals surface area contributed by atoms with Crippen molar-refractivity contribution in [3.8, 4) is 0 Å². The Labute approximate surface area is 138 Å². The number of benzene rings is 1. The summed E-state index contributed by atoms with van der Waals surface area (Å²) in [6, 6.07) is 4.91. The number of halogens is 2. The first kappa shape index (κ1) is 15.7. The fourth-order valence-electron chi connectivity index (χ4n) is 2.56. The van der Waals surface area contributed by atoms with Gasteiger partial charge in [0, 0.05) is 23.7 Å². The maximum absolute atomic E-state index is 12.9. The molecule has 1 atom stereocenters. The predicted molar refractivity (Wildman–Crippen MR) is 85.0 cm³/mol. The standard InChI is InChI=1S/C14H17BrClNO3S/c15-13-7-12(3-4-14(13)16)21(18,19)17(11-1-2-11)8-10-5-6-20-9-10/h3-4,7,10-11H,1-2,5-6,8-9H2. The Bertz CT molecular complexity index is 627. The number of hydrogen-bond donors (Lipinski definition) is 0. The van der Waals surface area contributed by atoms with Gasteiger partial charge in [0.1, 0.15) is 0 Å². The molecule has 1 unspecified atom stereocenters. The van der Waals surface area contributed by atoms with E-state index in [1.807, 2.05) is 0 Å². The summed E-state index contributed by atoms with van der Waals surface area (Å²) in [5, 5.41) is 0.510. The van der Waals surface area contributed by atoms with E-state index in [1.54, 1.807) is 22.5 Å². The number of nitrogens with zero attached hydrogens (tertiary/aromatic N) is 1. The van der Waals surface area contributed by atoms with Crippen LogP contribution in [0.5, 0.6) is 0 Å². The summed E-state index contributed by atoms with van der Waals surface area (Å²) in [5.41, 5.74) is 0. The van der Waals surface area contributed by atoms with Crippen molar-refractivity contribution in [2.75, 3.05) is 19.8 Å². The van der Waals surface area contributed by atoms with E-state index in [0.717, 1.165) is 25.9 Å². The van der Waals surface area contributed by atoms with Crippen LogP contribution in [0.3, 0.4) is 0 Å². The lowest BCUT2D eigenvalue weighted by Crippen LogP contribution is -2.37. The molecule has 7 heteroatoms. The summed E-state index contributed by atoms with van der Waals surface area (Å²) >= 11 is 9.24. The Morgan fingerprint density at radius 1 is 1.33 bits per heavy atom. The molecule has 0 radical (unpaired) electrons. The zero-order chi connectivity index (χ0) is 15.0. The highest BCUT2D eigenvalue weighted by Crippen LogP contribution is 2.35. The van der Waals surface area contributed by atoms with Crippen LogP contribution < -0.4 is 0 Å². The van der Waals surface area contributed by atoms with Crippen LogP contribution in [0.25, 0.3) is 0 Å². The second kappa shape index (κ2) is 6.16. The Balaban J connectivity index is 1.87. The van der Waals surface area contributed by atoms with Crippen LogP contribution in [0.15, 0.2) is 27.6 Å². The van der Waals surface area contributed by atoms with Gasteiger partial charge in [-0.25, -0.2) is 8.42 Å². The number of sulfonamides is 1. The molecular formula is C14H17BrClNO3S. The fourth-order valence-corrected chi connectivity index (χ4v) is 5.00. The molecule has 116 valence electrons. The monoisotopic (exact) mass is 393 g/mol. The topological polar surface area (TPSA) is 46.6 Å². The van der Waals surface area contributed by atoms with Crippen LogP contribution >= 0.6 is 27.5 Å². The van der Waals surface area contributed by atoms with Gasteiger partial charge in [0.25, 0.3) is 0 Å². The molecule has 2 fully saturated rings. The molecule has 1 saturated heterocycles. The summed E-state index contributed by atoms with van der Waals surface area (Å²) in [4.78, 5) is 0.296. The number of ether oxygens (including phenoxy) is 1. The minimum atomic E-state index is -3.48. The highest BCUT2D eigenvalue weighted by Gasteiger charge is 2.39. The van der Waals surface area contributed by atoms with Crippen molar-refractivity contribution in [1.82, 2.24) is 4.31 Å². The van der Waals surface area contributed by atoms with Crippen molar-refractivity contribution in [3.05, 3.63) is 27.7 Å². The molecule has 3 rings (SSSR count). The van der Waals surface area contributed by atoms with Crippen LogP contribution in [0.1, 0.15) is 19.3 Å². The van der Waals surface area contributed by atoms with Gasteiger partial charge < -0.3 is 4.74 Å². The lowest BCUT2D eigenvalue weighted by Gasteiger charge is -2.24. The molecule has 21 heavy (non-hydrogen) atoms. The minimum absolute atomic E-state index is 0.144. The van der Waals surface area contributed by atoms with Gasteiger partial charge in [0.05, 0.1) is 16.5 Å².